The zero-order valence-electron chi connectivity index (χ0n) is 42.2. The van der Waals surface area contributed by atoms with Gasteiger partial charge in [-0.3, -0.25) is 14.4 Å². The van der Waals surface area contributed by atoms with E-state index < -0.39 is 6.10 Å². The second-order valence-corrected chi connectivity index (χ2v) is 17.4. The number of unbranched alkanes of at least 4 members (excludes halogenated alkanes) is 20. The van der Waals surface area contributed by atoms with Crippen LogP contribution in [0, 0.1) is 0 Å². The average molecular weight is 903 g/mol. The highest BCUT2D eigenvalue weighted by Gasteiger charge is 2.19. The largest absolute Gasteiger partial charge is 0.462 e. The molecule has 370 valence electrons. The summed E-state index contributed by atoms with van der Waals surface area (Å²) in [5, 5.41) is 0. The fraction of sp³-hybridized carbons (Fsp3) is 0.678. The first-order valence-corrected chi connectivity index (χ1v) is 26.7. The molecule has 6 nitrogen and oxygen atoms in total. The number of ether oxygens (including phenoxy) is 3. The highest BCUT2D eigenvalue weighted by Crippen LogP contribution is 2.14. The Morgan fingerprint density at radius 3 is 0.954 bits per heavy atom. The third kappa shape index (κ3) is 51.2. The van der Waals surface area contributed by atoms with Crippen molar-refractivity contribution >= 4 is 17.9 Å². The first-order valence-electron chi connectivity index (χ1n) is 26.7. The third-order valence-electron chi connectivity index (χ3n) is 11.1. The molecule has 0 amide bonds. The standard InChI is InChI=1S/C59H98O6/c1-4-7-10-13-16-18-20-22-23-24-25-26-27-28-29-30-31-32-33-34-35-37-38-40-43-46-49-52-58(61)64-55-56(54-63-57(60)51-48-45-42-15-12-9-6-3)65-59(62)53-50-47-44-41-39-36-21-19-17-14-11-8-5-2/h7-8,10-11,16-19,22-23,25-26,28-29,36,39,56H,4-6,9,12-15,20-21,24,27,30-35,37-38,40-55H2,1-3H3/b10-7-,11-8-,18-16-,19-17-,23-22-,26-25-,29-28-,39-36-. The van der Waals surface area contributed by atoms with Gasteiger partial charge in [0.15, 0.2) is 6.10 Å². The highest BCUT2D eigenvalue weighted by molar-refractivity contribution is 5.71. The molecule has 1 atom stereocenters. The number of carbonyl (C=O) groups is 3. The summed E-state index contributed by atoms with van der Waals surface area (Å²) in [5.74, 6) is -0.932. The molecule has 0 aliphatic rings. The lowest BCUT2D eigenvalue weighted by molar-refractivity contribution is -0.167. The van der Waals surface area contributed by atoms with Crippen molar-refractivity contribution in [2.24, 2.45) is 0 Å². The molecule has 0 bridgehead atoms. The minimum Gasteiger partial charge on any atom is -0.462 e. The Morgan fingerprint density at radius 2 is 0.600 bits per heavy atom. The lowest BCUT2D eigenvalue weighted by atomic mass is 10.0. The van der Waals surface area contributed by atoms with Gasteiger partial charge < -0.3 is 14.2 Å². The molecule has 0 saturated carbocycles. The topological polar surface area (TPSA) is 78.9 Å². The molecule has 0 spiro atoms. The van der Waals surface area contributed by atoms with Gasteiger partial charge in [0, 0.05) is 19.3 Å². The van der Waals surface area contributed by atoms with Crippen LogP contribution in [0.5, 0.6) is 0 Å². The normalized spacial score (nSPS) is 12.8. The third-order valence-corrected chi connectivity index (χ3v) is 11.1. The Balaban J connectivity index is 4.17. The van der Waals surface area contributed by atoms with Gasteiger partial charge in [0.25, 0.3) is 0 Å². The summed E-state index contributed by atoms with van der Waals surface area (Å²) in [6.07, 6.45) is 69.9. The summed E-state index contributed by atoms with van der Waals surface area (Å²) in [5.41, 5.74) is 0. The summed E-state index contributed by atoms with van der Waals surface area (Å²) in [6.45, 7) is 6.33. The fourth-order valence-corrected chi connectivity index (χ4v) is 7.13. The fourth-order valence-electron chi connectivity index (χ4n) is 7.13. The van der Waals surface area contributed by atoms with Crippen molar-refractivity contribution in [2.75, 3.05) is 13.2 Å². The number of rotatable bonds is 47. The van der Waals surface area contributed by atoms with E-state index in [4.69, 9.17) is 14.2 Å². The van der Waals surface area contributed by atoms with E-state index in [9.17, 15) is 14.4 Å². The number of allylic oxidation sites excluding steroid dienone is 16. The molecule has 0 aliphatic carbocycles. The molecule has 1 unspecified atom stereocenters. The van der Waals surface area contributed by atoms with Gasteiger partial charge in [-0.05, 0) is 96.3 Å². The summed E-state index contributed by atoms with van der Waals surface area (Å²) >= 11 is 0. The predicted octanol–water partition coefficient (Wildman–Crippen LogP) is 17.8. The summed E-state index contributed by atoms with van der Waals surface area (Å²) in [4.78, 5) is 37.8. The molecule has 0 aromatic carbocycles. The Labute approximate surface area is 400 Å². The van der Waals surface area contributed by atoms with E-state index in [2.05, 4.69) is 118 Å². The Bertz CT molecular complexity index is 1310. The van der Waals surface area contributed by atoms with E-state index in [0.29, 0.717) is 19.3 Å². The van der Waals surface area contributed by atoms with Gasteiger partial charge in [0.05, 0.1) is 0 Å². The Kier molecular flexibility index (Phi) is 50.0. The lowest BCUT2D eigenvalue weighted by Crippen LogP contribution is -2.30. The first-order chi connectivity index (χ1) is 32.0. The van der Waals surface area contributed by atoms with E-state index in [0.717, 1.165) is 116 Å². The molecule has 0 radical (unpaired) electrons. The van der Waals surface area contributed by atoms with Crippen LogP contribution in [0.4, 0.5) is 0 Å². The second-order valence-electron chi connectivity index (χ2n) is 17.4. The van der Waals surface area contributed by atoms with Crippen LogP contribution in [-0.4, -0.2) is 37.2 Å². The maximum absolute atomic E-state index is 12.7. The SMILES string of the molecule is CC/C=C\C/C=C\C/C=C\C/C=C\C/C=C\CCCCCCCCCCCCCC(=O)OCC(COC(=O)CCCCCCCCC)OC(=O)CCCCC/C=C\C/C=C\C/C=C\CC. The van der Waals surface area contributed by atoms with Crippen LogP contribution in [0.25, 0.3) is 0 Å². The summed E-state index contributed by atoms with van der Waals surface area (Å²) in [6, 6.07) is 0. The van der Waals surface area contributed by atoms with Crippen molar-refractivity contribution < 1.29 is 28.6 Å². The van der Waals surface area contributed by atoms with Gasteiger partial charge in [-0.2, -0.15) is 0 Å². The van der Waals surface area contributed by atoms with Gasteiger partial charge in [-0.1, -0.05) is 221 Å². The van der Waals surface area contributed by atoms with Crippen molar-refractivity contribution in [3.63, 3.8) is 0 Å². The molecule has 0 fully saturated rings. The minimum atomic E-state index is -0.790. The van der Waals surface area contributed by atoms with Crippen molar-refractivity contribution in [3.05, 3.63) is 97.2 Å². The highest BCUT2D eigenvalue weighted by atomic mass is 16.6. The molecular formula is C59H98O6. The van der Waals surface area contributed by atoms with Crippen molar-refractivity contribution in [2.45, 2.75) is 245 Å². The number of esters is 3. The molecule has 0 aromatic rings. The molecule has 6 heteroatoms. The van der Waals surface area contributed by atoms with Gasteiger partial charge in [0.2, 0.25) is 0 Å². The maximum atomic E-state index is 12.7. The van der Waals surface area contributed by atoms with Crippen molar-refractivity contribution in [3.8, 4) is 0 Å². The van der Waals surface area contributed by atoms with Gasteiger partial charge in [-0.15, -0.1) is 0 Å². The Hall–Kier alpha value is -3.67. The first kappa shape index (κ1) is 61.3. The average Bonchev–Trinajstić information content (AvgIpc) is 3.30. The smallest absolute Gasteiger partial charge is 0.306 e. The zero-order chi connectivity index (χ0) is 47.2. The molecular weight excluding hydrogens is 805 g/mol. The van der Waals surface area contributed by atoms with Crippen LogP contribution in [0.2, 0.25) is 0 Å². The van der Waals surface area contributed by atoms with Crippen LogP contribution in [-0.2, 0) is 28.6 Å². The van der Waals surface area contributed by atoms with E-state index in [1.165, 1.54) is 83.5 Å². The van der Waals surface area contributed by atoms with E-state index in [1.54, 1.807) is 0 Å². The summed E-state index contributed by atoms with van der Waals surface area (Å²) < 4.78 is 16.7. The molecule has 0 rings (SSSR count). The van der Waals surface area contributed by atoms with Crippen LogP contribution < -0.4 is 0 Å². The van der Waals surface area contributed by atoms with Crippen molar-refractivity contribution in [1.82, 2.24) is 0 Å². The molecule has 0 aromatic heterocycles. The summed E-state index contributed by atoms with van der Waals surface area (Å²) in [7, 11) is 0. The van der Waals surface area contributed by atoms with Gasteiger partial charge in [-0.25, -0.2) is 0 Å². The number of hydrogen-bond acceptors (Lipinski definition) is 6. The lowest BCUT2D eigenvalue weighted by Gasteiger charge is -2.18. The quantitative estimate of drug-likeness (QED) is 0.0262. The minimum absolute atomic E-state index is 0.0897. The molecule has 0 N–H and O–H groups in total. The molecule has 0 saturated heterocycles. The van der Waals surface area contributed by atoms with Crippen LogP contribution in [0.15, 0.2) is 97.2 Å². The van der Waals surface area contributed by atoms with Gasteiger partial charge in [0.1, 0.15) is 13.2 Å². The van der Waals surface area contributed by atoms with E-state index in [1.807, 2.05) is 0 Å². The van der Waals surface area contributed by atoms with Crippen LogP contribution in [0.1, 0.15) is 239 Å². The predicted molar refractivity (Wildman–Crippen MR) is 279 cm³/mol. The van der Waals surface area contributed by atoms with Crippen molar-refractivity contribution in [1.29, 1.82) is 0 Å². The van der Waals surface area contributed by atoms with Crippen LogP contribution in [0.3, 0.4) is 0 Å². The molecule has 0 aliphatic heterocycles. The monoisotopic (exact) mass is 903 g/mol. The van der Waals surface area contributed by atoms with Crippen LogP contribution >= 0.6 is 0 Å². The number of hydrogen-bond donors (Lipinski definition) is 0. The zero-order valence-corrected chi connectivity index (χ0v) is 42.2. The number of carbonyl (C=O) groups excluding carboxylic acids is 3. The second kappa shape index (κ2) is 52.9. The van der Waals surface area contributed by atoms with E-state index >= 15 is 0 Å². The van der Waals surface area contributed by atoms with Gasteiger partial charge >= 0.3 is 17.9 Å². The van der Waals surface area contributed by atoms with E-state index in [-0.39, 0.29) is 31.1 Å². The molecule has 65 heavy (non-hydrogen) atoms. The molecule has 0 heterocycles. The maximum Gasteiger partial charge on any atom is 0.306 e. The Morgan fingerprint density at radius 1 is 0.323 bits per heavy atom.